The number of carbonyl (C=O) groups excluding carboxylic acids is 2. The molecule has 2 atom stereocenters. The fourth-order valence-corrected chi connectivity index (χ4v) is 3.69. The van der Waals surface area contributed by atoms with Crippen LogP contribution in [0.4, 0.5) is 5.95 Å². The quantitative estimate of drug-likeness (QED) is 0.512. The van der Waals surface area contributed by atoms with Crippen LogP contribution < -0.4 is 10.1 Å². The van der Waals surface area contributed by atoms with Crippen LogP contribution in [0.2, 0.25) is 0 Å². The molecule has 1 aliphatic rings. The van der Waals surface area contributed by atoms with Crippen molar-refractivity contribution in [3.05, 3.63) is 54.1 Å². The van der Waals surface area contributed by atoms with E-state index in [1.165, 1.54) is 0 Å². The van der Waals surface area contributed by atoms with Crippen LogP contribution in [0.25, 0.3) is 11.0 Å². The predicted molar refractivity (Wildman–Crippen MR) is 109 cm³/mol. The van der Waals surface area contributed by atoms with Crippen molar-refractivity contribution in [3.8, 4) is 5.75 Å². The highest BCUT2D eigenvalue weighted by molar-refractivity contribution is 6.07. The normalized spacial score (nSPS) is 18.2. The number of anilines is 1. The van der Waals surface area contributed by atoms with Crippen LogP contribution in [0.3, 0.4) is 0 Å². The summed E-state index contributed by atoms with van der Waals surface area (Å²) in [5, 5.41) is 2.77. The number of hydrogen-bond donors (Lipinski definition) is 1. The van der Waals surface area contributed by atoms with Gasteiger partial charge in [-0.25, -0.2) is 4.98 Å². The Morgan fingerprint density at radius 2 is 1.90 bits per heavy atom. The molecule has 29 heavy (non-hydrogen) atoms. The summed E-state index contributed by atoms with van der Waals surface area (Å²) in [5.41, 5.74) is 2.40. The zero-order valence-electron chi connectivity index (χ0n) is 16.4. The molecule has 1 aliphatic heterocycles. The number of imidazole rings is 1. The molecule has 7 nitrogen and oxygen atoms in total. The van der Waals surface area contributed by atoms with Gasteiger partial charge in [0.1, 0.15) is 5.75 Å². The Balaban J connectivity index is 1.84. The second-order valence-corrected chi connectivity index (χ2v) is 6.88. The number of esters is 1. The number of carbonyl (C=O) groups is 2. The molecule has 1 N–H and O–H groups in total. The number of nitrogens with zero attached hydrogens (tertiary/aromatic N) is 2. The van der Waals surface area contributed by atoms with Crippen LogP contribution in [-0.2, 0) is 14.3 Å². The van der Waals surface area contributed by atoms with Crippen molar-refractivity contribution in [1.82, 2.24) is 9.55 Å². The third-order valence-electron chi connectivity index (χ3n) is 4.94. The van der Waals surface area contributed by atoms with Gasteiger partial charge in [-0.2, -0.15) is 0 Å². The van der Waals surface area contributed by atoms with Crippen molar-refractivity contribution >= 4 is 28.9 Å². The number of aromatic nitrogens is 2. The van der Waals surface area contributed by atoms with E-state index in [-0.39, 0.29) is 6.61 Å². The van der Waals surface area contributed by atoms with Gasteiger partial charge < -0.3 is 14.0 Å². The molecule has 3 aromatic rings. The van der Waals surface area contributed by atoms with E-state index < -0.39 is 23.8 Å². The first-order chi connectivity index (χ1) is 14.1. The van der Waals surface area contributed by atoms with Gasteiger partial charge in [-0.1, -0.05) is 31.2 Å². The minimum atomic E-state index is -1.01. The van der Waals surface area contributed by atoms with Crippen molar-refractivity contribution < 1.29 is 19.1 Å². The maximum absolute atomic E-state index is 12.9. The average molecular weight is 393 g/mol. The first kappa shape index (κ1) is 19.0. The molecule has 1 aromatic heterocycles. The van der Waals surface area contributed by atoms with Crippen LogP contribution in [0.5, 0.6) is 5.75 Å². The van der Waals surface area contributed by atoms with Gasteiger partial charge >= 0.3 is 5.97 Å². The SMILES string of the molecule is CCCOc1ccc([C@H]2[C@H](C(=O)OCC)C(=O)Nc3nc4ccccc4n32)cc1. The molecule has 1 amide bonds. The summed E-state index contributed by atoms with van der Waals surface area (Å²) in [6.07, 6.45) is 0.917. The Kier molecular flexibility index (Phi) is 5.20. The second-order valence-electron chi connectivity index (χ2n) is 6.88. The van der Waals surface area contributed by atoms with Crippen molar-refractivity contribution in [1.29, 1.82) is 0 Å². The number of fused-ring (bicyclic) bond motifs is 3. The first-order valence-electron chi connectivity index (χ1n) is 9.81. The molecule has 4 rings (SSSR count). The lowest BCUT2D eigenvalue weighted by molar-refractivity contribution is -0.152. The van der Waals surface area contributed by atoms with Crippen LogP contribution >= 0.6 is 0 Å². The molecule has 0 saturated carbocycles. The zero-order valence-corrected chi connectivity index (χ0v) is 16.4. The number of hydrogen-bond acceptors (Lipinski definition) is 5. The molecule has 0 unspecified atom stereocenters. The monoisotopic (exact) mass is 393 g/mol. The van der Waals surface area contributed by atoms with Gasteiger partial charge in [0, 0.05) is 0 Å². The van der Waals surface area contributed by atoms with Gasteiger partial charge in [0.05, 0.1) is 30.3 Å². The maximum atomic E-state index is 12.9. The van der Waals surface area contributed by atoms with E-state index in [4.69, 9.17) is 9.47 Å². The Hall–Kier alpha value is -3.35. The summed E-state index contributed by atoms with van der Waals surface area (Å²) in [6.45, 7) is 4.61. The summed E-state index contributed by atoms with van der Waals surface area (Å²) in [7, 11) is 0. The van der Waals surface area contributed by atoms with Crippen molar-refractivity contribution in [3.63, 3.8) is 0 Å². The fourth-order valence-electron chi connectivity index (χ4n) is 3.69. The molecule has 0 radical (unpaired) electrons. The highest BCUT2D eigenvalue weighted by Crippen LogP contribution is 2.39. The molecular formula is C22H23N3O4. The fraction of sp³-hybridized carbons (Fsp3) is 0.318. The van der Waals surface area contributed by atoms with E-state index >= 15 is 0 Å². The summed E-state index contributed by atoms with van der Waals surface area (Å²) in [6, 6.07) is 14.5. The van der Waals surface area contributed by atoms with Gasteiger partial charge in [-0.05, 0) is 43.2 Å². The molecule has 150 valence electrons. The molecule has 0 bridgehead atoms. The van der Waals surface area contributed by atoms with Crippen molar-refractivity contribution in [2.24, 2.45) is 5.92 Å². The molecule has 2 heterocycles. The topological polar surface area (TPSA) is 82.4 Å². The molecule has 2 aromatic carbocycles. The number of benzene rings is 2. The Bertz CT molecular complexity index is 1040. The highest BCUT2D eigenvalue weighted by atomic mass is 16.5. The van der Waals surface area contributed by atoms with Crippen LogP contribution in [-0.4, -0.2) is 34.6 Å². The Morgan fingerprint density at radius 1 is 1.14 bits per heavy atom. The minimum Gasteiger partial charge on any atom is -0.494 e. The summed E-state index contributed by atoms with van der Waals surface area (Å²) in [5.74, 6) is -0.804. The van der Waals surface area contributed by atoms with Crippen LogP contribution in [0.1, 0.15) is 31.9 Å². The van der Waals surface area contributed by atoms with Crippen LogP contribution in [0, 0.1) is 5.92 Å². The summed E-state index contributed by atoms with van der Waals surface area (Å²) in [4.78, 5) is 30.1. The average Bonchev–Trinajstić information content (AvgIpc) is 3.09. The van der Waals surface area contributed by atoms with Gasteiger partial charge in [0.25, 0.3) is 0 Å². The van der Waals surface area contributed by atoms with Gasteiger partial charge in [-0.15, -0.1) is 0 Å². The molecule has 0 spiro atoms. The molecule has 0 fully saturated rings. The number of para-hydroxylation sites is 2. The van der Waals surface area contributed by atoms with Gasteiger partial charge in [-0.3, -0.25) is 14.9 Å². The Labute approximate surface area is 168 Å². The highest BCUT2D eigenvalue weighted by Gasteiger charge is 2.44. The number of rotatable bonds is 6. The standard InChI is InChI=1S/C22H23N3O4/c1-3-13-29-15-11-9-14(10-12-15)19-18(21(27)28-4-2)20(26)24-22-23-16-7-5-6-8-17(16)25(19)22/h5-12,18-19H,3-4,13H2,1-2H3,(H,23,24,26)/t18-,19-/m0/s1. The second kappa shape index (κ2) is 7.95. The molecular weight excluding hydrogens is 370 g/mol. The van der Waals surface area contributed by atoms with E-state index in [2.05, 4.69) is 10.3 Å². The molecule has 0 aliphatic carbocycles. The number of amides is 1. The number of ether oxygens (including phenoxy) is 2. The smallest absolute Gasteiger partial charge is 0.321 e. The number of nitrogens with one attached hydrogen (secondary N) is 1. The molecule has 7 heteroatoms. The summed E-state index contributed by atoms with van der Waals surface area (Å²) < 4.78 is 12.8. The largest absolute Gasteiger partial charge is 0.494 e. The van der Waals surface area contributed by atoms with E-state index in [0.717, 1.165) is 28.8 Å². The van der Waals surface area contributed by atoms with E-state index in [0.29, 0.717) is 12.6 Å². The van der Waals surface area contributed by atoms with E-state index in [1.807, 2.05) is 60.0 Å². The lowest BCUT2D eigenvalue weighted by Crippen LogP contribution is -2.43. The minimum absolute atomic E-state index is 0.205. The predicted octanol–water partition coefficient (Wildman–Crippen LogP) is 3.55. The van der Waals surface area contributed by atoms with E-state index in [9.17, 15) is 9.59 Å². The van der Waals surface area contributed by atoms with Gasteiger partial charge in [0.2, 0.25) is 11.9 Å². The van der Waals surface area contributed by atoms with Crippen molar-refractivity contribution in [2.45, 2.75) is 26.3 Å². The third-order valence-corrected chi connectivity index (χ3v) is 4.94. The lowest BCUT2D eigenvalue weighted by atomic mass is 9.90. The van der Waals surface area contributed by atoms with E-state index in [1.54, 1.807) is 6.92 Å². The zero-order chi connectivity index (χ0) is 20.4. The Morgan fingerprint density at radius 3 is 2.62 bits per heavy atom. The van der Waals surface area contributed by atoms with Crippen molar-refractivity contribution in [2.75, 3.05) is 18.5 Å². The first-order valence-corrected chi connectivity index (χ1v) is 9.81. The third kappa shape index (κ3) is 3.44. The van der Waals surface area contributed by atoms with Crippen LogP contribution in [0.15, 0.2) is 48.5 Å². The summed E-state index contributed by atoms with van der Waals surface area (Å²) >= 11 is 0. The maximum Gasteiger partial charge on any atom is 0.321 e. The van der Waals surface area contributed by atoms with Gasteiger partial charge in [0.15, 0.2) is 5.92 Å². The lowest BCUT2D eigenvalue weighted by Gasteiger charge is -2.32. The molecule has 0 saturated heterocycles.